The number of hydrogen-bond acceptors (Lipinski definition) is 5. The van der Waals surface area contributed by atoms with Gasteiger partial charge >= 0.3 is 0 Å². The van der Waals surface area contributed by atoms with Crippen LogP contribution in [0, 0.1) is 20.8 Å². The van der Waals surface area contributed by atoms with Crippen molar-refractivity contribution in [1.82, 2.24) is 0 Å². The molecule has 0 aliphatic heterocycles. The number of anilines is 1. The number of fused-ring (bicyclic) bond motifs is 1. The summed E-state index contributed by atoms with van der Waals surface area (Å²) < 4.78 is 22.5. The van der Waals surface area contributed by atoms with E-state index >= 15 is 0 Å². The van der Waals surface area contributed by atoms with Crippen molar-refractivity contribution in [2.75, 3.05) is 26.1 Å². The molecular formula is C25H29NO5. The van der Waals surface area contributed by atoms with Gasteiger partial charge in [-0.3, -0.25) is 4.79 Å². The average molecular weight is 424 g/mol. The Balaban J connectivity index is 1.99. The molecule has 0 bridgehead atoms. The van der Waals surface area contributed by atoms with Crippen molar-refractivity contribution >= 4 is 28.1 Å². The minimum Gasteiger partial charge on any atom is -0.497 e. The van der Waals surface area contributed by atoms with Gasteiger partial charge in [-0.1, -0.05) is 0 Å². The Morgan fingerprint density at radius 3 is 2.48 bits per heavy atom. The summed E-state index contributed by atoms with van der Waals surface area (Å²) in [6, 6.07) is 7.27. The van der Waals surface area contributed by atoms with Crippen LogP contribution >= 0.6 is 0 Å². The van der Waals surface area contributed by atoms with Gasteiger partial charge in [-0.05, 0) is 64.0 Å². The Morgan fingerprint density at radius 1 is 1.10 bits per heavy atom. The molecule has 3 aromatic rings. The predicted octanol–water partition coefficient (Wildman–Crippen LogP) is 5.82. The number of hydrogen-bond donors (Lipinski definition) is 1. The first-order chi connectivity index (χ1) is 14.8. The van der Waals surface area contributed by atoms with Gasteiger partial charge < -0.3 is 23.9 Å². The maximum atomic E-state index is 12.8. The molecule has 0 saturated heterocycles. The molecule has 0 fully saturated rings. The number of rotatable bonds is 7. The molecule has 1 heterocycles. The quantitative estimate of drug-likeness (QED) is 0.485. The molecule has 6 nitrogen and oxygen atoms in total. The molecule has 0 aliphatic carbocycles. The Bertz CT molecular complexity index is 1160. The van der Waals surface area contributed by atoms with Gasteiger partial charge in [-0.15, -0.1) is 0 Å². The summed E-state index contributed by atoms with van der Waals surface area (Å²) in [5.74, 6) is 2.52. The van der Waals surface area contributed by atoms with Crippen LogP contribution in [0.5, 0.6) is 17.2 Å². The lowest BCUT2D eigenvalue weighted by atomic mass is 9.98. The number of carbonyl (C=O) groups excluding carboxylic acids is 1. The van der Waals surface area contributed by atoms with Crippen molar-refractivity contribution in [2.45, 2.75) is 34.6 Å². The monoisotopic (exact) mass is 423 g/mol. The maximum absolute atomic E-state index is 12.8. The highest BCUT2D eigenvalue weighted by Gasteiger charge is 2.19. The van der Waals surface area contributed by atoms with Crippen LogP contribution in [0.25, 0.3) is 16.5 Å². The van der Waals surface area contributed by atoms with Crippen molar-refractivity contribution in [3.63, 3.8) is 0 Å². The van der Waals surface area contributed by atoms with Crippen LogP contribution < -0.4 is 19.5 Å². The molecule has 1 N–H and O–H groups in total. The molecule has 31 heavy (non-hydrogen) atoms. The van der Waals surface area contributed by atoms with Gasteiger partial charge in [-0.25, -0.2) is 0 Å². The fourth-order valence-electron chi connectivity index (χ4n) is 3.58. The zero-order valence-corrected chi connectivity index (χ0v) is 19.1. The molecule has 0 atom stereocenters. The SMILES string of the molecule is CCOc1c(/C(C)=C/C(=O)Nc2ccc(OC)cc2OC)cc2c(C)c(C)oc2c1C. The number of nitrogens with one attached hydrogen (secondary N) is 1. The summed E-state index contributed by atoms with van der Waals surface area (Å²) in [5.41, 5.74) is 5.06. The van der Waals surface area contributed by atoms with Crippen LogP contribution in [0.3, 0.4) is 0 Å². The number of aryl methyl sites for hydroxylation is 3. The number of ether oxygens (including phenoxy) is 3. The Hall–Kier alpha value is -3.41. The van der Waals surface area contributed by atoms with Crippen molar-refractivity contribution < 1.29 is 23.4 Å². The van der Waals surface area contributed by atoms with Crippen molar-refractivity contribution in [1.29, 1.82) is 0 Å². The maximum Gasteiger partial charge on any atom is 0.248 e. The second-order valence-electron chi connectivity index (χ2n) is 7.35. The third-order valence-electron chi connectivity index (χ3n) is 5.37. The fourth-order valence-corrected chi connectivity index (χ4v) is 3.58. The molecule has 3 rings (SSSR count). The van der Waals surface area contributed by atoms with E-state index in [9.17, 15) is 4.79 Å². The van der Waals surface area contributed by atoms with E-state index in [1.807, 2.05) is 40.7 Å². The average Bonchev–Trinajstić information content (AvgIpc) is 3.04. The first-order valence-electron chi connectivity index (χ1n) is 10.2. The number of methoxy groups -OCH3 is 2. The molecule has 0 spiro atoms. The third-order valence-corrected chi connectivity index (χ3v) is 5.37. The van der Waals surface area contributed by atoms with Crippen LogP contribution in [-0.4, -0.2) is 26.7 Å². The Kier molecular flexibility index (Phi) is 6.59. The van der Waals surface area contributed by atoms with Crippen molar-refractivity contribution in [2.24, 2.45) is 0 Å². The zero-order chi connectivity index (χ0) is 22.7. The van der Waals surface area contributed by atoms with Crippen LogP contribution in [0.15, 0.2) is 34.8 Å². The van der Waals surface area contributed by atoms with E-state index in [0.29, 0.717) is 23.8 Å². The van der Waals surface area contributed by atoms with E-state index in [1.54, 1.807) is 38.5 Å². The standard InChI is InChI=1S/C25H29NO5/c1-8-30-24-16(4)25-20(15(3)17(5)31-25)13-19(24)14(2)11-23(27)26-21-10-9-18(28-6)12-22(21)29-7/h9-13H,8H2,1-7H3,(H,26,27)/b14-11+. The van der Waals surface area contributed by atoms with Crippen LogP contribution in [-0.2, 0) is 4.79 Å². The van der Waals surface area contributed by atoms with E-state index in [0.717, 1.165) is 44.7 Å². The largest absolute Gasteiger partial charge is 0.497 e. The third kappa shape index (κ3) is 4.38. The molecule has 164 valence electrons. The lowest BCUT2D eigenvalue weighted by Crippen LogP contribution is -2.10. The van der Waals surface area contributed by atoms with E-state index in [4.69, 9.17) is 18.6 Å². The first kappa shape index (κ1) is 22.3. The zero-order valence-electron chi connectivity index (χ0n) is 19.1. The highest BCUT2D eigenvalue weighted by molar-refractivity contribution is 6.05. The smallest absolute Gasteiger partial charge is 0.248 e. The van der Waals surface area contributed by atoms with E-state index < -0.39 is 0 Å². The van der Waals surface area contributed by atoms with Gasteiger partial charge in [0.05, 0.1) is 26.5 Å². The van der Waals surface area contributed by atoms with Gasteiger partial charge in [-0.2, -0.15) is 0 Å². The van der Waals surface area contributed by atoms with Crippen LogP contribution in [0.2, 0.25) is 0 Å². The second kappa shape index (κ2) is 9.16. The molecule has 2 aromatic carbocycles. The van der Waals surface area contributed by atoms with Crippen molar-refractivity contribution in [3.05, 3.63) is 52.8 Å². The molecule has 6 heteroatoms. The van der Waals surface area contributed by atoms with Crippen LogP contribution in [0.1, 0.15) is 36.3 Å². The highest BCUT2D eigenvalue weighted by Crippen LogP contribution is 2.39. The summed E-state index contributed by atoms with van der Waals surface area (Å²) in [5, 5.41) is 3.90. The molecule has 1 amide bonds. The Morgan fingerprint density at radius 2 is 1.84 bits per heavy atom. The molecule has 0 radical (unpaired) electrons. The highest BCUT2D eigenvalue weighted by atomic mass is 16.5. The molecule has 0 saturated carbocycles. The number of furan rings is 1. The van der Waals surface area contributed by atoms with E-state index in [2.05, 4.69) is 5.32 Å². The second-order valence-corrected chi connectivity index (χ2v) is 7.35. The lowest BCUT2D eigenvalue weighted by Gasteiger charge is -2.15. The van der Waals surface area contributed by atoms with E-state index in [-0.39, 0.29) is 5.91 Å². The van der Waals surface area contributed by atoms with Gasteiger partial charge in [0.2, 0.25) is 5.91 Å². The molecular weight excluding hydrogens is 394 g/mol. The minimum atomic E-state index is -0.263. The predicted molar refractivity (Wildman–Crippen MR) is 123 cm³/mol. The summed E-state index contributed by atoms with van der Waals surface area (Å²) >= 11 is 0. The number of benzene rings is 2. The molecule has 0 aliphatic rings. The Labute approximate surface area is 182 Å². The fraction of sp³-hybridized carbons (Fsp3) is 0.320. The number of amides is 1. The number of carbonyl (C=O) groups is 1. The number of allylic oxidation sites excluding steroid dienone is 1. The van der Waals surface area contributed by atoms with Gasteiger partial charge in [0.25, 0.3) is 0 Å². The van der Waals surface area contributed by atoms with Crippen molar-refractivity contribution in [3.8, 4) is 17.2 Å². The van der Waals surface area contributed by atoms with Gasteiger partial charge in [0, 0.05) is 28.7 Å². The van der Waals surface area contributed by atoms with Gasteiger partial charge in [0.15, 0.2) is 0 Å². The summed E-state index contributed by atoms with van der Waals surface area (Å²) in [4.78, 5) is 12.8. The molecule has 1 aromatic heterocycles. The normalized spacial score (nSPS) is 11.5. The van der Waals surface area contributed by atoms with E-state index in [1.165, 1.54) is 0 Å². The first-order valence-corrected chi connectivity index (χ1v) is 10.2. The summed E-state index contributed by atoms with van der Waals surface area (Å²) in [7, 11) is 3.13. The summed E-state index contributed by atoms with van der Waals surface area (Å²) in [6.07, 6.45) is 1.56. The van der Waals surface area contributed by atoms with Gasteiger partial charge in [0.1, 0.15) is 28.6 Å². The molecule has 0 unspecified atom stereocenters. The van der Waals surface area contributed by atoms with Crippen LogP contribution in [0.4, 0.5) is 5.69 Å². The topological polar surface area (TPSA) is 69.9 Å². The summed E-state index contributed by atoms with van der Waals surface area (Å²) in [6.45, 7) is 10.3. The lowest BCUT2D eigenvalue weighted by molar-refractivity contribution is -0.111. The minimum absolute atomic E-state index is 0.263.